The van der Waals surface area contributed by atoms with E-state index in [-0.39, 0.29) is 17.5 Å². The summed E-state index contributed by atoms with van der Waals surface area (Å²) >= 11 is 0. The lowest BCUT2D eigenvalue weighted by molar-refractivity contribution is 0.419. The lowest BCUT2D eigenvalue weighted by atomic mass is 9.87. The van der Waals surface area contributed by atoms with Crippen LogP contribution in [-0.4, -0.2) is 19.7 Å². The molecule has 0 unspecified atom stereocenters. The highest BCUT2D eigenvalue weighted by atomic mass is 16.5. The van der Waals surface area contributed by atoms with E-state index >= 15 is 0 Å². The summed E-state index contributed by atoms with van der Waals surface area (Å²) in [5, 5.41) is 4.63. The molecule has 28 heavy (non-hydrogen) atoms. The molecule has 2 aromatic heterocycles. The van der Waals surface area contributed by atoms with E-state index in [1.54, 1.807) is 17.6 Å². The van der Waals surface area contributed by atoms with E-state index in [4.69, 9.17) is 4.52 Å². The third-order valence-electron chi connectivity index (χ3n) is 4.82. The summed E-state index contributed by atoms with van der Waals surface area (Å²) < 4.78 is 6.99. The molecule has 0 bridgehead atoms. The van der Waals surface area contributed by atoms with Gasteiger partial charge in [-0.15, -0.1) is 0 Å². The van der Waals surface area contributed by atoms with Crippen LogP contribution < -0.4 is 5.56 Å². The second-order valence-corrected chi connectivity index (χ2v) is 7.91. The van der Waals surface area contributed by atoms with Crippen LogP contribution in [0.5, 0.6) is 0 Å². The van der Waals surface area contributed by atoms with Gasteiger partial charge in [0.1, 0.15) is 5.82 Å². The lowest BCUT2D eigenvalue weighted by Crippen LogP contribution is -2.24. The van der Waals surface area contributed by atoms with Gasteiger partial charge in [-0.2, -0.15) is 4.98 Å². The first-order chi connectivity index (χ1) is 13.3. The Bertz CT molecular complexity index is 1200. The molecule has 0 aliphatic rings. The zero-order chi connectivity index (χ0) is 19.9. The molecule has 0 aliphatic carbocycles. The molecule has 0 N–H and O–H groups in total. The number of fused-ring (bicyclic) bond motifs is 1. The quantitative estimate of drug-likeness (QED) is 0.540. The van der Waals surface area contributed by atoms with E-state index < -0.39 is 0 Å². The van der Waals surface area contributed by atoms with Crippen LogP contribution in [0.2, 0.25) is 0 Å². The number of aryl methyl sites for hydroxylation is 1. The minimum atomic E-state index is -0.107. The molecule has 0 amide bonds. The fourth-order valence-electron chi connectivity index (χ4n) is 3.15. The van der Waals surface area contributed by atoms with Gasteiger partial charge < -0.3 is 4.52 Å². The number of para-hydroxylation sites is 1. The smallest absolute Gasteiger partial charge is 0.261 e. The van der Waals surface area contributed by atoms with Gasteiger partial charge in [0.05, 0.1) is 17.4 Å². The monoisotopic (exact) mass is 374 g/mol. The van der Waals surface area contributed by atoms with Crippen LogP contribution in [0.15, 0.2) is 57.8 Å². The molecule has 0 saturated carbocycles. The molecule has 6 nitrogen and oxygen atoms in total. The largest absolute Gasteiger partial charge is 0.334 e. The van der Waals surface area contributed by atoms with Crippen LogP contribution in [0.3, 0.4) is 0 Å². The number of benzene rings is 2. The topological polar surface area (TPSA) is 73.8 Å². The number of hydrogen-bond donors (Lipinski definition) is 0. The van der Waals surface area contributed by atoms with Gasteiger partial charge in [0.15, 0.2) is 5.82 Å². The Kier molecular flexibility index (Phi) is 4.34. The molecule has 0 saturated heterocycles. The van der Waals surface area contributed by atoms with Gasteiger partial charge in [-0.05, 0) is 42.2 Å². The highest BCUT2D eigenvalue weighted by molar-refractivity contribution is 5.77. The van der Waals surface area contributed by atoms with E-state index in [0.717, 1.165) is 5.56 Å². The van der Waals surface area contributed by atoms with Gasteiger partial charge in [-0.3, -0.25) is 9.36 Å². The Hall–Kier alpha value is -3.28. The summed E-state index contributed by atoms with van der Waals surface area (Å²) in [5.74, 6) is 1.50. The first-order valence-electron chi connectivity index (χ1n) is 9.22. The second-order valence-electron chi connectivity index (χ2n) is 7.91. The van der Waals surface area contributed by atoms with Crippen LogP contribution >= 0.6 is 0 Å². The zero-order valence-corrected chi connectivity index (χ0v) is 16.4. The molecule has 0 radical (unpaired) electrons. The van der Waals surface area contributed by atoms with Crippen molar-refractivity contribution >= 4 is 10.9 Å². The fourth-order valence-corrected chi connectivity index (χ4v) is 3.15. The third kappa shape index (κ3) is 3.33. The highest BCUT2D eigenvalue weighted by Gasteiger charge is 2.16. The molecule has 0 fully saturated rings. The van der Waals surface area contributed by atoms with Crippen molar-refractivity contribution in [3.63, 3.8) is 0 Å². The van der Waals surface area contributed by atoms with Crippen LogP contribution in [-0.2, 0) is 12.0 Å². The van der Waals surface area contributed by atoms with Gasteiger partial charge in [0.2, 0.25) is 0 Å². The summed E-state index contributed by atoms with van der Waals surface area (Å²) in [6.45, 7) is 8.53. The maximum atomic E-state index is 12.8. The molecular formula is C22H22N4O2. The van der Waals surface area contributed by atoms with Crippen molar-refractivity contribution in [1.29, 1.82) is 0 Å². The second kappa shape index (κ2) is 6.71. The fraction of sp³-hybridized carbons (Fsp3) is 0.273. The number of hydrogen-bond acceptors (Lipinski definition) is 5. The number of nitrogens with zero attached hydrogens (tertiary/aromatic N) is 4. The predicted octanol–water partition coefficient (Wildman–Crippen LogP) is 4.10. The summed E-state index contributed by atoms with van der Waals surface area (Å²) in [4.78, 5) is 21.8. The van der Waals surface area contributed by atoms with Gasteiger partial charge in [-0.1, -0.05) is 50.2 Å². The molecule has 4 aromatic rings. The Labute approximate surface area is 162 Å². The van der Waals surface area contributed by atoms with Crippen LogP contribution in [0, 0.1) is 6.92 Å². The van der Waals surface area contributed by atoms with Crippen LogP contribution in [0.4, 0.5) is 0 Å². The summed E-state index contributed by atoms with van der Waals surface area (Å²) in [5.41, 5.74) is 2.76. The average Bonchev–Trinajstić information content (AvgIpc) is 3.13. The number of aromatic nitrogens is 4. The van der Waals surface area contributed by atoms with Crippen molar-refractivity contribution in [3.05, 3.63) is 76.1 Å². The summed E-state index contributed by atoms with van der Waals surface area (Å²) in [6, 6.07) is 15.4. The van der Waals surface area contributed by atoms with Gasteiger partial charge >= 0.3 is 0 Å². The molecular weight excluding hydrogens is 352 g/mol. The summed E-state index contributed by atoms with van der Waals surface area (Å²) in [7, 11) is 0. The van der Waals surface area contributed by atoms with Gasteiger partial charge in [0, 0.05) is 5.56 Å². The van der Waals surface area contributed by atoms with Crippen molar-refractivity contribution in [2.24, 2.45) is 0 Å². The first-order valence-corrected chi connectivity index (χ1v) is 9.22. The molecule has 142 valence electrons. The molecule has 6 heteroatoms. The van der Waals surface area contributed by atoms with Crippen molar-refractivity contribution in [2.45, 2.75) is 39.7 Å². The Morgan fingerprint density at radius 2 is 1.71 bits per heavy atom. The SMILES string of the molecule is Cc1nc2ccccc2c(=O)n1Cc1noc(-c2ccc(C(C)(C)C)cc2)n1. The minimum absolute atomic E-state index is 0.0836. The van der Waals surface area contributed by atoms with Gasteiger partial charge in [0.25, 0.3) is 11.4 Å². The van der Waals surface area contributed by atoms with E-state index in [1.807, 2.05) is 30.3 Å². The van der Waals surface area contributed by atoms with E-state index in [2.05, 4.69) is 48.0 Å². The Balaban J connectivity index is 1.64. The summed E-state index contributed by atoms with van der Waals surface area (Å²) in [6.07, 6.45) is 0. The Morgan fingerprint density at radius 1 is 1.00 bits per heavy atom. The minimum Gasteiger partial charge on any atom is -0.334 e. The predicted molar refractivity (Wildman–Crippen MR) is 108 cm³/mol. The van der Waals surface area contributed by atoms with Crippen LogP contribution in [0.1, 0.15) is 38.0 Å². The molecule has 2 heterocycles. The van der Waals surface area contributed by atoms with Crippen molar-refractivity contribution in [3.8, 4) is 11.5 Å². The average molecular weight is 374 g/mol. The first kappa shape index (κ1) is 18.1. The molecule has 0 atom stereocenters. The van der Waals surface area contributed by atoms with E-state index in [1.165, 1.54) is 5.56 Å². The van der Waals surface area contributed by atoms with Gasteiger partial charge in [-0.25, -0.2) is 4.98 Å². The van der Waals surface area contributed by atoms with Crippen molar-refractivity contribution in [2.75, 3.05) is 0 Å². The Morgan fingerprint density at radius 3 is 2.43 bits per heavy atom. The van der Waals surface area contributed by atoms with E-state index in [9.17, 15) is 4.79 Å². The maximum absolute atomic E-state index is 12.8. The van der Waals surface area contributed by atoms with Crippen molar-refractivity contribution < 1.29 is 4.52 Å². The molecule has 4 rings (SSSR count). The van der Waals surface area contributed by atoms with E-state index in [0.29, 0.717) is 28.4 Å². The van der Waals surface area contributed by atoms with Crippen molar-refractivity contribution in [1.82, 2.24) is 19.7 Å². The maximum Gasteiger partial charge on any atom is 0.261 e. The number of rotatable bonds is 3. The zero-order valence-electron chi connectivity index (χ0n) is 16.4. The lowest BCUT2D eigenvalue weighted by Gasteiger charge is -2.18. The highest BCUT2D eigenvalue weighted by Crippen LogP contribution is 2.25. The van der Waals surface area contributed by atoms with Crippen LogP contribution in [0.25, 0.3) is 22.4 Å². The molecule has 0 aliphatic heterocycles. The normalized spacial score (nSPS) is 11.9. The molecule has 2 aromatic carbocycles. The third-order valence-corrected chi connectivity index (χ3v) is 4.82. The standard InChI is InChI=1S/C22H22N4O2/c1-14-23-18-8-6-5-7-17(18)21(27)26(14)13-19-24-20(28-25-19)15-9-11-16(12-10-15)22(2,3)4/h5-12H,13H2,1-4H3. The molecule has 0 spiro atoms.